The number of ether oxygens (including phenoxy) is 1. The van der Waals surface area contributed by atoms with E-state index in [9.17, 15) is 30.3 Å². The van der Waals surface area contributed by atoms with E-state index < -0.39 is 58.3 Å². The maximum Gasteiger partial charge on any atom is 0.303 e. The molecule has 0 aliphatic heterocycles. The molecule has 7 nitrogen and oxygen atoms in total. The molecule has 1 unspecified atom stereocenters. The summed E-state index contributed by atoms with van der Waals surface area (Å²) in [7, 11) is 0. The van der Waals surface area contributed by atoms with Gasteiger partial charge in [0.05, 0.1) is 23.9 Å². The predicted molar refractivity (Wildman–Crippen MR) is 103 cm³/mol. The van der Waals surface area contributed by atoms with Crippen LogP contribution < -0.4 is 0 Å². The van der Waals surface area contributed by atoms with Gasteiger partial charge in [0.15, 0.2) is 0 Å². The van der Waals surface area contributed by atoms with Crippen LogP contribution >= 0.6 is 0 Å². The maximum absolute atomic E-state index is 12.0. The van der Waals surface area contributed by atoms with E-state index in [1.54, 1.807) is 20.8 Å². The van der Waals surface area contributed by atoms with Crippen molar-refractivity contribution in [2.45, 2.75) is 89.0 Å². The molecule has 4 fully saturated rings. The second kappa shape index (κ2) is 6.04. The first-order chi connectivity index (χ1) is 13.2. The van der Waals surface area contributed by atoms with Gasteiger partial charge in [0.1, 0.15) is 11.7 Å². The average Bonchev–Trinajstić information content (AvgIpc) is 2.76. The van der Waals surface area contributed by atoms with Gasteiger partial charge in [0.25, 0.3) is 0 Å². The van der Waals surface area contributed by atoms with Crippen molar-refractivity contribution in [3.63, 3.8) is 0 Å². The highest BCUT2D eigenvalue weighted by atomic mass is 16.6. The van der Waals surface area contributed by atoms with Crippen molar-refractivity contribution in [1.29, 1.82) is 0 Å². The second-order valence-corrected chi connectivity index (χ2v) is 10.8. The number of carbonyl (C=O) groups excluding carboxylic acids is 1. The zero-order chi connectivity index (χ0) is 21.7. The van der Waals surface area contributed by atoms with E-state index in [4.69, 9.17) is 4.74 Å². The Kier molecular flexibility index (Phi) is 4.42. The third kappa shape index (κ3) is 2.39. The maximum atomic E-state index is 12.0. The predicted octanol–water partition coefficient (Wildman–Crippen LogP) is 0.515. The van der Waals surface area contributed by atoms with Crippen LogP contribution in [0.1, 0.15) is 53.4 Å². The summed E-state index contributed by atoms with van der Waals surface area (Å²) in [5, 5.41) is 56.0. The Labute approximate surface area is 171 Å². The Hall–Kier alpha value is -0.990. The van der Waals surface area contributed by atoms with Gasteiger partial charge < -0.3 is 30.3 Å². The quantitative estimate of drug-likeness (QED) is 0.315. The number of aliphatic hydroxyl groups is 5. The van der Waals surface area contributed by atoms with Gasteiger partial charge in [0, 0.05) is 29.6 Å². The lowest BCUT2D eigenvalue weighted by Crippen LogP contribution is -2.58. The van der Waals surface area contributed by atoms with Gasteiger partial charge in [-0.1, -0.05) is 26.0 Å². The molecule has 7 heteroatoms. The van der Waals surface area contributed by atoms with E-state index in [1.807, 2.05) is 0 Å². The Morgan fingerprint density at radius 1 is 1.10 bits per heavy atom. The van der Waals surface area contributed by atoms with Gasteiger partial charge in [-0.3, -0.25) is 4.79 Å². The third-order valence-corrected chi connectivity index (χ3v) is 9.04. The summed E-state index contributed by atoms with van der Waals surface area (Å²) in [6, 6.07) is 0. The number of aliphatic hydroxyl groups excluding tert-OH is 3. The Morgan fingerprint density at radius 2 is 1.72 bits per heavy atom. The summed E-state index contributed by atoms with van der Waals surface area (Å²) in [6.45, 7) is 10.5. The summed E-state index contributed by atoms with van der Waals surface area (Å²) in [6.07, 6.45) is -2.70. The average molecular weight is 411 g/mol. The van der Waals surface area contributed by atoms with Crippen molar-refractivity contribution in [1.82, 2.24) is 0 Å². The van der Waals surface area contributed by atoms with Crippen molar-refractivity contribution >= 4 is 5.97 Å². The zero-order valence-corrected chi connectivity index (χ0v) is 17.6. The lowest BCUT2D eigenvalue weighted by atomic mass is 9.61. The minimum absolute atomic E-state index is 0.139. The van der Waals surface area contributed by atoms with Crippen molar-refractivity contribution in [3.05, 3.63) is 12.2 Å². The molecule has 4 aliphatic carbocycles. The van der Waals surface area contributed by atoms with E-state index in [1.165, 1.54) is 6.92 Å². The van der Waals surface area contributed by atoms with Crippen LogP contribution in [0.2, 0.25) is 0 Å². The summed E-state index contributed by atoms with van der Waals surface area (Å²) in [5.74, 6) is -2.06. The van der Waals surface area contributed by atoms with E-state index in [2.05, 4.69) is 6.58 Å². The highest BCUT2D eigenvalue weighted by Crippen LogP contribution is 2.69. The number of esters is 1. The van der Waals surface area contributed by atoms with E-state index in [0.29, 0.717) is 24.8 Å². The van der Waals surface area contributed by atoms with Gasteiger partial charge in [-0.05, 0) is 38.5 Å². The number of hydrogen-bond donors (Lipinski definition) is 5. The minimum Gasteiger partial charge on any atom is -0.459 e. The molecule has 5 N–H and O–H groups in total. The molecule has 0 aromatic heterocycles. The lowest BCUT2D eigenvalue weighted by Gasteiger charge is -2.47. The first kappa shape index (κ1) is 21.2. The molecule has 0 aromatic rings. The first-order valence-electron chi connectivity index (χ1n) is 10.6. The van der Waals surface area contributed by atoms with Crippen LogP contribution in [0.3, 0.4) is 0 Å². The van der Waals surface area contributed by atoms with Crippen LogP contribution in [-0.4, -0.2) is 67.1 Å². The van der Waals surface area contributed by atoms with E-state index in [0.717, 1.165) is 0 Å². The van der Waals surface area contributed by atoms with Gasteiger partial charge in [-0.25, -0.2) is 0 Å². The summed E-state index contributed by atoms with van der Waals surface area (Å²) >= 11 is 0. The molecule has 1 spiro atoms. The summed E-state index contributed by atoms with van der Waals surface area (Å²) in [4.78, 5) is 12.0. The van der Waals surface area contributed by atoms with Gasteiger partial charge in [-0.15, -0.1) is 0 Å². The number of rotatable bonds is 1. The monoisotopic (exact) mass is 410 g/mol. The number of carbonyl (C=O) groups is 1. The molecule has 4 saturated carbocycles. The molecule has 29 heavy (non-hydrogen) atoms. The molecular formula is C22H34O7. The van der Waals surface area contributed by atoms with E-state index >= 15 is 0 Å². The van der Waals surface area contributed by atoms with Gasteiger partial charge >= 0.3 is 5.97 Å². The molecule has 0 heterocycles. The van der Waals surface area contributed by atoms with Crippen LogP contribution in [0.4, 0.5) is 0 Å². The first-order valence-corrected chi connectivity index (χ1v) is 10.6. The fraction of sp³-hybridized carbons (Fsp3) is 0.864. The Morgan fingerprint density at radius 3 is 2.31 bits per heavy atom. The van der Waals surface area contributed by atoms with Crippen molar-refractivity contribution in [2.24, 2.45) is 28.6 Å². The third-order valence-electron chi connectivity index (χ3n) is 9.04. The topological polar surface area (TPSA) is 127 Å². The standard InChI is InChI=1S/C22H34O7/c1-10-12-6-7-13-17(25)21(12,9-20(13,5)27)8-14(29-11(2)23)22(28)15(10)16(24)18(26)19(22,3)4/h12-18,24-28H,1,6-9H2,2-5H3/t12-,13+,14+,15+,16+,17?,18-,20+,21-,22+/m0/s1. The lowest BCUT2D eigenvalue weighted by molar-refractivity contribution is -0.198. The molecule has 4 rings (SSSR count). The van der Waals surface area contributed by atoms with Crippen LogP contribution in [0, 0.1) is 28.6 Å². The van der Waals surface area contributed by atoms with Crippen LogP contribution in [-0.2, 0) is 9.53 Å². The SMILES string of the molecule is C=C1[C@@H]2[C@@H](O)[C@H](O)C(C)(C)[C@@]2(O)[C@H](OC(C)=O)C[C@]23C[C@@](C)(O)[C@H](CC[C@@H]12)C3O. The zero-order valence-electron chi connectivity index (χ0n) is 17.6. The minimum atomic E-state index is -1.76. The largest absolute Gasteiger partial charge is 0.459 e. The summed E-state index contributed by atoms with van der Waals surface area (Å²) < 4.78 is 5.63. The van der Waals surface area contributed by atoms with Gasteiger partial charge in [-0.2, -0.15) is 0 Å². The smallest absolute Gasteiger partial charge is 0.303 e. The fourth-order valence-corrected chi connectivity index (χ4v) is 7.64. The highest BCUT2D eigenvalue weighted by Gasteiger charge is 2.75. The molecule has 4 aliphatic rings. The van der Waals surface area contributed by atoms with Crippen molar-refractivity contribution < 1.29 is 35.1 Å². The van der Waals surface area contributed by atoms with Crippen LogP contribution in [0.15, 0.2) is 12.2 Å². The van der Waals surface area contributed by atoms with Gasteiger partial charge in [0.2, 0.25) is 0 Å². The Bertz CT molecular complexity index is 745. The summed E-state index contributed by atoms with van der Waals surface area (Å²) in [5.41, 5.74) is -4.27. The van der Waals surface area contributed by atoms with Crippen molar-refractivity contribution in [3.8, 4) is 0 Å². The molecule has 0 amide bonds. The van der Waals surface area contributed by atoms with Crippen LogP contribution in [0.25, 0.3) is 0 Å². The van der Waals surface area contributed by atoms with Crippen LogP contribution in [0.5, 0.6) is 0 Å². The normalized spacial score (nSPS) is 55.8. The molecule has 164 valence electrons. The molecule has 0 radical (unpaired) electrons. The molecule has 10 atom stereocenters. The van der Waals surface area contributed by atoms with E-state index in [-0.39, 0.29) is 18.3 Å². The van der Waals surface area contributed by atoms with Crippen molar-refractivity contribution in [2.75, 3.05) is 0 Å². The fourth-order valence-electron chi connectivity index (χ4n) is 7.64. The molecule has 0 aromatic carbocycles. The Balaban J connectivity index is 1.92. The number of fused-ring (bicyclic) bond motifs is 2. The highest BCUT2D eigenvalue weighted by molar-refractivity contribution is 5.66. The second-order valence-electron chi connectivity index (χ2n) is 10.8. The molecule has 0 saturated heterocycles. The number of hydrogen-bond acceptors (Lipinski definition) is 7. The molecule has 2 bridgehead atoms. The molecular weight excluding hydrogens is 376 g/mol.